The Morgan fingerprint density at radius 2 is 1.96 bits per heavy atom. The molecule has 28 heavy (non-hydrogen) atoms. The summed E-state index contributed by atoms with van der Waals surface area (Å²) in [6.45, 7) is 6.03. The SMILES string of the molecule is Cc1noc(C2CCN(CC(=O)NC(C)c3cccc4ccccc34)CC2)n1. The molecule has 0 spiro atoms. The highest BCUT2D eigenvalue weighted by Crippen LogP contribution is 2.27. The third kappa shape index (κ3) is 4.07. The van der Waals surface area contributed by atoms with Crippen LogP contribution in [0.3, 0.4) is 0 Å². The van der Waals surface area contributed by atoms with Crippen LogP contribution in [0.15, 0.2) is 47.0 Å². The Bertz CT molecular complexity index is 955. The van der Waals surface area contributed by atoms with Crippen molar-refractivity contribution in [1.82, 2.24) is 20.4 Å². The molecule has 1 aliphatic heterocycles. The van der Waals surface area contributed by atoms with E-state index in [1.165, 1.54) is 10.8 Å². The van der Waals surface area contributed by atoms with E-state index in [0.717, 1.165) is 37.4 Å². The van der Waals surface area contributed by atoms with Crippen molar-refractivity contribution < 1.29 is 9.32 Å². The predicted octanol–water partition coefficient (Wildman–Crippen LogP) is 3.59. The molecule has 0 aliphatic carbocycles. The Hall–Kier alpha value is -2.73. The molecule has 146 valence electrons. The number of likely N-dealkylation sites (tertiary alicyclic amines) is 1. The van der Waals surface area contributed by atoms with Crippen molar-refractivity contribution in [2.75, 3.05) is 19.6 Å². The highest BCUT2D eigenvalue weighted by atomic mass is 16.5. The average molecular weight is 378 g/mol. The summed E-state index contributed by atoms with van der Waals surface area (Å²) in [7, 11) is 0. The van der Waals surface area contributed by atoms with Crippen LogP contribution in [0.1, 0.15) is 49.0 Å². The van der Waals surface area contributed by atoms with Gasteiger partial charge < -0.3 is 9.84 Å². The van der Waals surface area contributed by atoms with Crippen LogP contribution in [0, 0.1) is 6.92 Å². The van der Waals surface area contributed by atoms with E-state index in [9.17, 15) is 4.79 Å². The number of rotatable bonds is 5. The third-order valence-electron chi connectivity index (χ3n) is 5.51. The molecular weight excluding hydrogens is 352 g/mol. The number of hydrogen-bond donors (Lipinski definition) is 1. The van der Waals surface area contributed by atoms with E-state index >= 15 is 0 Å². The van der Waals surface area contributed by atoms with E-state index in [1.54, 1.807) is 0 Å². The minimum atomic E-state index is -0.0301. The smallest absolute Gasteiger partial charge is 0.234 e. The minimum Gasteiger partial charge on any atom is -0.348 e. The molecule has 6 nitrogen and oxygen atoms in total. The molecule has 0 bridgehead atoms. The maximum absolute atomic E-state index is 12.6. The van der Waals surface area contributed by atoms with Crippen molar-refractivity contribution in [3.05, 3.63) is 59.7 Å². The molecule has 4 rings (SSSR count). The largest absolute Gasteiger partial charge is 0.348 e. The van der Waals surface area contributed by atoms with Crippen LogP contribution in [-0.4, -0.2) is 40.6 Å². The van der Waals surface area contributed by atoms with Crippen LogP contribution in [0.2, 0.25) is 0 Å². The van der Waals surface area contributed by atoms with Gasteiger partial charge in [-0.1, -0.05) is 47.6 Å². The molecular formula is C22H26N4O2. The number of piperidine rings is 1. The van der Waals surface area contributed by atoms with Gasteiger partial charge in [0.2, 0.25) is 11.8 Å². The van der Waals surface area contributed by atoms with Crippen molar-refractivity contribution in [2.24, 2.45) is 0 Å². The van der Waals surface area contributed by atoms with Crippen molar-refractivity contribution in [2.45, 2.75) is 38.6 Å². The molecule has 0 saturated carbocycles. The van der Waals surface area contributed by atoms with Crippen LogP contribution in [0.4, 0.5) is 0 Å². The number of carbonyl (C=O) groups excluding carboxylic acids is 1. The fourth-order valence-corrected chi connectivity index (χ4v) is 4.01. The number of aryl methyl sites for hydroxylation is 1. The zero-order valence-corrected chi connectivity index (χ0v) is 16.4. The number of nitrogens with zero attached hydrogens (tertiary/aromatic N) is 3. The van der Waals surface area contributed by atoms with Gasteiger partial charge in [0.1, 0.15) is 0 Å². The standard InChI is InChI=1S/C22H26N4O2/c1-15(19-9-5-7-17-6-3-4-8-20(17)19)23-21(27)14-26-12-10-18(11-13-26)22-24-16(2)25-28-22/h3-9,15,18H,10-14H2,1-2H3,(H,23,27). The van der Waals surface area contributed by atoms with Gasteiger partial charge in [0.25, 0.3) is 0 Å². The first-order valence-electron chi connectivity index (χ1n) is 9.90. The second kappa shape index (κ2) is 8.10. The molecule has 2 heterocycles. The summed E-state index contributed by atoms with van der Waals surface area (Å²) in [4.78, 5) is 19.1. The van der Waals surface area contributed by atoms with Crippen molar-refractivity contribution in [3.63, 3.8) is 0 Å². The Balaban J connectivity index is 1.32. The highest BCUT2D eigenvalue weighted by molar-refractivity contribution is 5.87. The lowest BCUT2D eigenvalue weighted by atomic mass is 9.96. The quantitative estimate of drug-likeness (QED) is 0.735. The van der Waals surface area contributed by atoms with Gasteiger partial charge in [0.15, 0.2) is 5.82 Å². The van der Waals surface area contributed by atoms with Crippen LogP contribution >= 0.6 is 0 Å². The normalized spacial score (nSPS) is 16.9. The summed E-state index contributed by atoms with van der Waals surface area (Å²) in [6.07, 6.45) is 1.88. The number of nitrogens with one attached hydrogen (secondary N) is 1. The molecule has 1 unspecified atom stereocenters. The van der Waals surface area contributed by atoms with E-state index < -0.39 is 0 Å². The average Bonchev–Trinajstić information content (AvgIpc) is 3.14. The first-order chi connectivity index (χ1) is 13.6. The Morgan fingerprint density at radius 3 is 2.71 bits per heavy atom. The van der Waals surface area contributed by atoms with E-state index in [-0.39, 0.29) is 11.9 Å². The van der Waals surface area contributed by atoms with Gasteiger partial charge in [0.05, 0.1) is 12.6 Å². The first-order valence-corrected chi connectivity index (χ1v) is 9.90. The van der Waals surface area contributed by atoms with Gasteiger partial charge in [-0.05, 0) is 56.1 Å². The zero-order chi connectivity index (χ0) is 19.5. The maximum atomic E-state index is 12.6. The van der Waals surface area contributed by atoms with E-state index in [2.05, 4.69) is 44.6 Å². The predicted molar refractivity (Wildman–Crippen MR) is 108 cm³/mol. The summed E-state index contributed by atoms with van der Waals surface area (Å²) in [5, 5.41) is 9.42. The number of carbonyl (C=O) groups is 1. The summed E-state index contributed by atoms with van der Waals surface area (Å²) in [6, 6.07) is 14.5. The van der Waals surface area contributed by atoms with E-state index in [1.807, 2.05) is 32.0 Å². The fraction of sp³-hybridized carbons (Fsp3) is 0.409. The monoisotopic (exact) mass is 378 g/mol. The molecule has 1 saturated heterocycles. The van der Waals surface area contributed by atoms with Crippen LogP contribution in [0.5, 0.6) is 0 Å². The maximum Gasteiger partial charge on any atom is 0.234 e. The number of aromatic nitrogens is 2. The van der Waals surface area contributed by atoms with Gasteiger partial charge in [-0.2, -0.15) is 4.98 Å². The molecule has 1 aliphatic rings. The Kier molecular flexibility index (Phi) is 5.39. The molecule has 2 aromatic carbocycles. The van der Waals surface area contributed by atoms with Gasteiger partial charge in [0, 0.05) is 5.92 Å². The van der Waals surface area contributed by atoms with E-state index in [4.69, 9.17) is 4.52 Å². The van der Waals surface area contributed by atoms with Crippen LogP contribution < -0.4 is 5.32 Å². The van der Waals surface area contributed by atoms with Crippen LogP contribution in [0.25, 0.3) is 10.8 Å². The Morgan fingerprint density at radius 1 is 1.21 bits per heavy atom. The van der Waals surface area contributed by atoms with Gasteiger partial charge in [-0.25, -0.2) is 0 Å². The Labute approximate surface area is 164 Å². The van der Waals surface area contributed by atoms with Crippen molar-refractivity contribution in [1.29, 1.82) is 0 Å². The van der Waals surface area contributed by atoms with Gasteiger partial charge in [-0.3, -0.25) is 9.69 Å². The number of hydrogen-bond acceptors (Lipinski definition) is 5. The molecule has 1 aromatic heterocycles. The zero-order valence-electron chi connectivity index (χ0n) is 16.4. The highest BCUT2D eigenvalue weighted by Gasteiger charge is 2.26. The third-order valence-corrected chi connectivity index (χ3v) is 5.51. The summed E-state index contributed by atoms with van der Waals surface area (Å²) in [5.74, 6) is 1.77. The van der Waals surface area contributed by atoms with E-state index in [0.29, 0.717) is 18.3 Å². The lowest BCUT2D eigenvalue weighted by Crippen LogP contribution is -2.41. The van der Waals surface area contributed by atoms with Gasteiger partial charge in [-0.15, -0.1) is 0 Å². The molecule has 1 N–H and O–H groups in total. The molecule has 0 radical (unpaired) electrons. The number of fused-ring (bicyclic) bond motifs is 1. The van der Waals surface area contributed by atoms with Crippen molar-refractivity contribution >= 4 is 16.7 Å². The summed E-state index contributed by atoms with van der Waals surface area (Å²) in [5.41, 5.74) is 1.15. The van der Waals surface area contributed by atoms with Crippen molar-refractivity contribution in [3.8, 4) is 0 Å². The lowest BCUT2D eigenvalue weighted by Gasteiger charge is -2.30. The minimum absolute atomic E-state index is 0.0301. The summed E-state index contributed by atoms with van der Waals surface area (Å²) < 4.78 is 5.30. The molecule has 1 atom stereocenters. The number of amides is 1. The van der Waals surface area contributed by atoms with Crippen LogP contribution in [-0.2, 0) is 4.79 Å². The second-order valence-corrected chi connectivity index (χ2v) is 7.59. The molecule has 3 aromatic rings. The number of benzene rings is 2. The van der Waals surface area contributed by atoms with Gasteiger partial charge >= 0.3 is 0 Å². The second-order valence-electron chi connectivity index (χ2n) is 7.59. The molecule has 6 heteroatoms. The lowest BCUT2D eigenvalue weighted by molar-refractivity contribution is -0.123. The topological polar surface area (TPSA) is 71.3 Å². The first kappa shape index (κ1) is 18.6. The fourth-order valence-electron chi connectivity index (χ4n) is 4.01. The summed E-state index contributed by atoms with van der Waals surface area (Å²) >= 11 is 0. The molecule has 1 fully saturated rings. The molecule has 1 amide bonds.